The maximum Gasteiger partial charge on any atom is 0.408 e. The van der Waals surface area contributed by atoms with Gasteiger partial charge in [-0.25, -0.2) is 4.79 Å². The largest absolute Gasteiger partial charge is 0.508 e. The van der Waals surface area contributed by atoms with Gasteiger partial charge in [0, 0.05) is 13.1 Å². The zero-order chi connectivity index (χ0) is 28.6. The first-order valence-electron chi connectivity index (χ1n) is 13.9. The van der Waals surface area contributed by atoms with Gasteiger partial charge in [0.15, 0.2) is 0 Å². The molecule has 0 saturated carbocycles. The number of phenols is 1. The van der Waals surface area contributed by atoms with Gasteiger partial charge in [-0.2, -0.15) is 11.8 Å². The highest BCUT2D eigenvalue weighted by atomic mass is 32.2. The number of amides is 3. The van der Waals surface area contributed by atoms with Gasteiger partial charge in [0.2, 0.25) is 11.8 Å². The standard InChI is InChI=1S/C29H49N3O5S/c1-7-9-11-12-13-19-32(27(35)24(17-20-38-6)31-28(36)37-29(3,4)5)25(26(34)30-18-10-8-2)22-15-14-16-23(33)21-22/h14-16,21,24-25,33H,7-13,17-20H2,1-6H3,(H,30,34)(H,31,36). The first-order valence-corrected chi connectivity index (χ1v) is 15.3. The molecule has 1 aromatic rings. The average molecular weight is 552 g/mol. The number of aromatic hydroxyl groups is 1. The summed E-state index contributed by atoms with van der Waals surface area (Å²) in [6.07, 6.45) is 8.33. The van der Waals surface area contributed by atoms with Crippen molar-refractivity contribution in [2.75, 3.05) is 25.1 Å². The fraction of sp³-hybridized carbons (Fsp3) is 0.690. The van der Waals surface area contributed by atoms with Crippen molar-refractivity contribution in [3.05, 3.63) is 29.8 Å². The molecular weight excluding hydrogens is 502 g/mol. The van der Waals surface area contributed by atoms with Gasteiger partial charge in [-0.1, -0.05) is 58.1 Å². The van der Waals surface area contributed by atoms with Crippen LogP contribution in [0.5, 0.6) is 5.75 Å². The van der Waals surface area contributed by atoms with Gasteiger partial charge in [0.05, 0.1) is 0 Å². The normalized spacial score (nSPS) is 12.9. The second-order valence-corrected chi connectivity index (χ2v) is 11.6. The number of rotatable bonds is 17. The van der Waals surface area contributed by atoms with Crippen molar-refractivity contribution in [1.29, 1.82) is 0 Å². The molecule has 3 N–H and O–H groups in total. The van der Waals surface area contributed by atoms with E-state index in [-0.39, 0.29) is 17.6 Å². The lowest BCUT2D eigenvalue weighted by molar-refractivity contribution is -0.142. The van der Waals surface area contributed by atoms with Crippen LogP contribution in [0.3, 0.4) is 0 Å². The third-order valence-corrected chi connectivity index (χ3v) is 6.60. The van der Waals surface area contributed by atoms with E-state index in [4.69, 9.17) is 4.74 Å². The van der Waals surface area contributed by atoms with Gasteiger partial charge in [0.1, 0.15) is 23.4 Å². The number of carbonyl (C=O) groups excluding carboxylic acids is 3. The highest BCUT2D eigenvalue weighted by molar-refractivity contribution is 7.98. The van der Waals surface area contributed by atoms with Crippen molar-refractivity contribution in [3.8, 4) is 5.75 Å². The van der Waals surface area contributed by atoms with Gasteiger partial charge in [-0.15, -0.1) is 0 Å². The lowest BCUT2D eigenvalue weighted by Crippen LogP contribution is -2.53. The predicted octanol–water partition coefficient (Wildman–Crippen LogP) is 5.80. The van der Waals surface area contributed by atoms with Gasteiger partial charge in [-0.05, 0) is 69.7 Å². The van der Waals surface area contributed by atoms with Crippen molar-refractivity contribution in [2.24, 2.45) is 0 Å². The monoisotopic (exact) mass is 551 g/mol. The minimum Gasteiger partial charge on any atom is -0.508 e. The number of nitrogens with zero attached hydrogens (tertiary/aromatic N) is 1. The van der Waals surface area contributed by atoms with E-state index in [0.717, 1.165) is 44.9 Å². The Morgan fingerprint density at radius 1 is 1.05 bits per heavy atom. The van der Waals surface area contributed by atoms with Crippen LogP contribution >= 0.6 is 11.8 Å². The van der Waals surface area contributed by atoms with E-state index in [0.29, 0.717) is 30.8 Å². The quantitative estimate of drug-likeness (QED) is 0.211. The van der Waals surface area contributed by atoms with Crippen molar-refractivity contribution in [1.82, 2.24) is 15.5 Å². The molecule has 0 radical (unpaired) electrons. The van der Waals surface area contributed by atoms with Crippen LogP contribution in [-0.2, 0) is 14.3 Å². The molecule has 0 aliphatic carbocycles. The van der Waals surface area contributed by atoms with Crippen LogP contribution < -0.4 is 10.6 Å². The molecule has 0 aliphatic rings. The Hall–Kier alpha value is -2.42. The molecule has 38 heavy (non-hydrogen) atoms. The molecule has 0 fully saturated rings. The van der Waals surface area contributed by atoms with Gasteiger partial charge in [0.25, 0.3) is 0 Å². The highest BCUT2D eigenvalue weighted by Crippen LogP contribution is 2.27. The molecule has 0 aromatic heterocycles. The number of ether oxygens (including phenoxy) is 1. The van der Waals surface area contributed by atoms with Gasteiger partial charge < -0.3 is 25.4 Å². The van der Waals surface area contributed by atoms with Crippen molar-refractivity contribution < 1.29 is 24.2 Å². The molecule has 2 unspecified atom stereocenters. The molecule has 9 heteroatoms. The first kappa shape index (κ1) is 33.6. The van der Waals surface area contributed by atoms with Crippen LogP contribution in [0.1, 0.15) is 97.6 Å². The molecule has 0 heterocycles. The Balaban J connectivity index is 3.40. The Kier molecular flexibility index (Phi) is 15.9. The summed E-state index contributed by atoms with van der Waals surface area (Å²) in [7, 11) is 0. The lowest BCUT2D eigenvalue weighted by Gasteiger charge is -2.34. The first-order chi connectivity index (χ1) is 18.0. The number of unbranched alkanes of at least 4 members (excludes halogenated alkanes) is 5. The third kappa shape index (κ3) is 12.9. The van der Waals surface area contributed by atoms with Crippen molar-refractivity contribution >= 4 is 29.7 Å². The Morgan fingerprint density at radius 3 is 2.34 bits per heavy atom. The van der Waals surface area contributed by atoms with Crippen LogP contribution in [0.15, 0.2) is 24.3 Å². The Bertz CT molecular complexity index is 859. The summed E-state index contributed by atoms with van der Waals surface area (Å²) in [6.45, 7) is 10.4. The second kappa shape index (κ2) is 18.0. The number of carbonyl (C=O) groups is 3. The number of nitrogens with one attached hydrogen (secondary N) is 2. The lowest BCUT2D eigenvalue weighted by atomic mass is 10.0. The molecular formula is C29H49N3O5S. The molecule has 1 rings (SSSR count). The molecule has 0 aliphatic heterocycles. The predicted molar refractivity (Wildman–Crippen MR) is 155 cm³/mol. The van der Waals surface area contributed by atoms with Crippen LogP contribution in [0, 0.1) is 0 Å². The molecule has 216 valence electrons. The minimum atomic E-state index is -0.935. The number of alkyl carbamates (subject to hydrolysis) is 1. The summed E-state index contributed by atoms with van der Waals surface area (Å²) < 4.78 is 5.44. The number of hydrogen-bond acceptors (Lipinski definition) is 6. The maximum absolute atomic E-state index is 14.1. The highest BCUT2D eigenvalue weighted by Gasteiger charge is 2.36. The van der Waals surface area contributed by atoms with Gasteiger partial charge >= 0.3 is 6.09 Å². The third-order valence-electron chi connectivity index (χ3n) is 5.96. The fourth-order valence-electron chi connectivity index (χ4n) is 4.05. The maximum atomic E-state index is 14.1. The molecule has 8 nitrogen and oxygen atoms in total. The zero-order valence-electron chi connectivity index (χ0n) is 24.2. The topological polar surface area (TPSA) is 108 Å². The number of phenolic OH excluding ortho intramolecular Hbond substituents is 1. The van der Waals surface area contributed by atoms with Crippen LogP contribution in [0.25, 0.3) is 0 Å². The van der Waals surface area contributed by atoms with Crippen LogP contribution in [-0.4, -0.2) is 64.7 Å². The van der Waals surface area contributed by atoms with E-state index in [2.05, 4.69) is 17.6 Å². The summed E-state index contributed by atoms with van der Waals surface area (Å²) >= 11 is 1.58. The SMILES string of the molecule is CCCCCCCN(C(=O)C(CCSC)NC(=O)OC(C)(C)C)C(C(=O)NCCCC)c1cccc(O)c1. The van der Waals surface area contributed by atoms with E-state index in [1.54, 1.807) is 49.6 Å². The number of thioether (sulfide) groups is 1. The Morgan fingerprint density at radius 2 is 1.74 bits per heavy atom. The van der Waals surface area contributed by atoms with E-state index in [9.17, 15) is 19.5 Å². The molecule has 0 spiro atoms. The molecule has 0 saturated heterocycles. The molecule has 2 atom stereocenters. The van der Waals surface area contributed by atoms with E-state index in [1.807, 2.05) is 13.2 Å². The molecule has 1 aromatic carbocycles. The number of hydrogen-bond donors (Lipinski definition) is 3. The Labute approximate surface area is 233 Å². The average Bonchev–Trinajstić information content (AvgIpc) is 2.84. The minimum absolute atomic E-state index is 0.0232. The fourth-order valence-corrected chi connectivity index (χ4v) is 4.52. The summed E-state index contributed by atoms with van der Waals surface area (Å²) in [5.41, 5.74) is -0.179. The van der Waals surface area contributed by atoms with Crippen molar-refractivity contribution in [3.63, 3.8) is 0 Å². The summed E-state index contributed by atoms with van der Waals surface area (Å²) in [6, 6.07) is 4.70. The van der Waals surface area contributed by atoms with Crippen molar-refractivity contribution in [2.45, 2.75) is 104 Å². The summed E-state index contributed by atoms with van der Waals surface area (Å²) in [4.78, 5) is 41.9. The zero-order valence-corrected chi connectivity index (χ0v) is 25.0. The van der Waals surface area contributed by atoms with E-state index in [1.165, 1.54) is 12.1 Å². The van der Waals surface area contributed by atoms with Crippen LogP contribution in [0.4, 0.5) is 4.79 Å². The molecule has 3 amide bonds. The summed E-state index contributed by atoms with van der Waals surface area (Å²) in [5.74, 6) is 0.0389. The second-order valence-electron chi connectivity index (χ2n) is 10.6. The van der Waals surface area contributed by atoms with Gasteiger partial charge in [-0.3, -0.25) is 9.59 Å². The van der Waals surface area contributed by atoms with E-state index < -0.39 is 23.8 Å². The smallest absolute Gasteiger partial charge is 0.408 e. The summed E-state index contributed by atoms with van der Waals surface area (Å²) in [5, 5.41) is 15.9. The molecule has 0 bridgehead atoms. The number of benzene rings is 1. The van der Waals surface area contributed by atoms with Crippen LogP contribution in [0.2, 0.25) is 0 Å². The van der Waals surface area contributed by atoms with E-state index >= 15 is 0 Å².